The van der Waals surface area contributed by atoms with E-state index in [0.717, 1.165) is 111 Å². The molecular weight excluding hydrogens is 1310 g/mol. The summed E-state index contributed by atoms with van der Waals surface area (Å²) in [5.74, 6) is 3.43. The van der Waals surface area contributed by atoms with E-state index in [2.05, 4.69) is 275 Å². The number of aromatic nitrogens is 6. The van der Waals surface area contributed by atoms with E-state index in [9.17, 15) is 10.5 Å². The SMILES string of the molecule is CC1(C)c2cc(C#N)ccc2-c2ccc(-c3ccc(-c4ccc(-c5nc(-c6ccccc6)nc(-c6ccc(-c7cccc(-c8nc(-c9ccccc9)nc(-c9ccc(-c%10ccc(-c%11cc(C#N)cc(-c%12cccc%13c%12sc%12ccccc%12%13)c%11)c%11ccccc%10%11)cc9)n8)c7)cc6)n5)cc4)c4ccccc34)cc21. The predicted octanol–water partition coefficient (Wildman–Crippen LogP) is 24.8. The van der Waals surface area contributed by atoms with Gasteiger partial charge >= 0.3 is 0 Å². The topological polar surface area (TPSA) is 125 Å². The van der Waals surface area contributed by atoms with Crippen LogP contribution in [0.15, 0.2) is 328 Å². The zero-order valence-electron chi connectivity index (χ0n) is 57.7. The molecule has 0 saturated carbocycles. The lowest BCUT2D eigenvalue weighted by Gasteiger charge is -2.22. The van der Waals surface area contributed by atoms with Crippen molar-refractivity contribution in [1.82, 2.24) is 29.9 Å². The van der Waals surface area contributed by atoms with Crippen molar-refractivity contribution < 1.29 is 0 Å². The van der Waals surface area contributed by atoms with E-state index in [1.807, 2.05) is 78.9 Å². The largest absolute Gasteiger partial charge is 0.208 e. The van der Waals surface area contributed by atoms with Gasteiger partial charge in [0.25, 0.3) is 0 Å². The van der Waals surface area contributed by atoms with Gasteiger partial charge in [0.05, 0.1) is 23.3 Å². The fourth-order valence-corrected chi connectivity index (χ4v) is 16.7. The van der Waals surface area contributed by atoms with Gasteiger partial charge in [0.15, 0.2) is 34.9 Å². The van der Waals surface area contributed by atoms with Crippen molar-refractivity contribution in [2.45, 2.75) is 19.3 Å². The Labute approximate surface area is 616 Å². The van der Waals surface area contributed by atoms with Crippen molar-refractivity contribution in [2.24, 2.45) is 0 Å². The predicted molar refractivity (Wildman–Crippen MR) is 433 cm³/mol. The van der Waals surface area contributed by atoms with Crippen molar-refractivity contribution in [3.8, 4) is 158 Å². The molecule has 0 radical (unpaired) electrons. The van der Waals surface area contributed by atoms with E-state index in [0.29, 0.717) is 46.1 Å². The molecule has 0 N–H and O–H groups in total. The number of benzene rings is 15. The maximum Gasteiger partial charge on any atom is 0.164 e. The van der Waals surface area contributed by atoms with E-state index < -0.39 is 0 Å². The van der Waals surface area contributed by atoms with E-state index in [1.165, 1.54) is 53.4 Å². The van der Waals surface area contributed by atoms with Crippen LogP contribution in [0.3, 0.4) is 0 Å². The van der Waals surface area contributed by atoms with Crippen LogP contribution >= 0.6 is 11.3 Å². The molecule has 1 aliphatic rings. The molecule has 0 aliphatic heterocycles. The van der Waals surface area contributed by atoms with E-state index in [1.54, 1.807) is 11.3 Å². The lowest BCUT2D eigenvalue weighted by molar-refractivity contribution is 0.660. The minimum absolute atomic E-state index is 0.248. The number of nitriles is 2. The van der Waals surface area contributed by atoms with Gasteiger partial charge in [-0.3, -0.25) is 0 Å². The monoisotopic (exact) mass is 1370 g/mol. The molecule has 106 heavy (non-hydrogen) atoms. The van der Waals surface area contributed by atoms with Crippen molar-refractivity contribution >= 4 is 53.1 Å². The third kappa shape index (κ3) is 11.1. The zero-order chi connectivity index (χ0) is 71.0. The average Bonchev–Trinajstić information content (AvgIpc) is 1.55. The van der Waals surface area contributed by atoms with Crippen LogP contribution in [0.1, 0.15) is 36.1 Å². The summed E-state index contributed by atoms with van der Waals surface area (Å²) in [5.41, 5.74) is 24.1. The molecule has 15 aromatic carbocycles. The lowest BCUT2D eigenvalue weighted by Crippen LogP contribution is -2.15. The van der Waals surface area contributed by atoms with E-state index in [-0.39, 0.29) is 5.41 Å². The second kappa shape index (κ2) is 25.8. The van der Waals surface area contributed by atoms with Gasteiger partial charge in [0, 0.05) is 59.0 Å². The molecule has 0 bridgehead atoms. The molecule has 19 rings (SSSR count). The maximum absolute atomic E-state index is 10.4. The highest BCUT2D eigenvalue weighted by atomic mass is 32.1. The molecule has 0 unspecified atom stereocenters. The Kier molecular flexibility index (Phi) is 15.4. The zero-order valence-corrected chi connectivity index (χ0v) is 58.5. The third-order valence-electron chi connectivity index (χ3n) is 20.9. The Morgan fingerprint density at radius 1 is 0.236 bits per heavy atom. The molecular formula is C97H60N8S. The fourth-order valence-electron chi connectivity index (χ4n) is 15.5. The van der Waals surface area contributed by atoms with Crippen LogP contribution in [0, 0.1) is 22.7 Å². The molecule has 0 saturated heterocycles. The number of nitrogens with zero attached hydrogens (tertiary/aromatic N) is 8. The molecule has 0 spiro atoms. The summed E-state index contributed by atoms with van der Waals surface area (Å²) in [7, 11) is 0. The summed E-state index contributed by atoms with van der Waals surface area (Å²) in [6.07, 6.45) is 0. The number of hydrogen-bond donors (Lipinski definition) is 0. The van der Waals surface area contributed by atoms with Gasteiger partial charge in [0.2, 0.25) is 0 Å². The second-order valence-corrected chi connectivity index (χ2v) is 28.6. The first kappa shape index (κ1) is 63.0. The van der Waals surface area contributed by atoms with Crippen molar-refractivity contribution in [3.05, 3.63) is 350 Å². The smallest absolute Gasteiger partial charge is 0.164 e. The van der Waals surface area contributed by atoms with Gasteiger partial charge in [-0.15, -0.1) is 11.3 Å². The van der Waals surface area contributed by atoms with E-state index in [4.69, 9.17) is 29.9 Å². The Balaban J connectivity index is 0.607. The fraction of sp³-hybridized carbons (Fsp3) is 0.0309. The van der Waals surface area contributed by atoms with Gasteiger partial charge in [-0.2, -0.15) is 10.5 Å². The summed E-state index contributed by atoms with van der Waals surface area (Å²) >= 11 is 1.80. The molecule has 0 amide bonds. The summed E-state index contributed by atoms with van der Waals surface area (Å²) in [6.45, 7) is 4.52. The minimum atomic E-state index is -0.248. The third-order valence-corrected chi connectivity index (χ3v) is 22.1. The average molecular weight is 1370 g/mol. The van der Waals surface area contributed by atoms with Crippen LogP contribution < -0.4 is 0 Å². The van der Waals surface area contributed by atoms with Gasteiger partial charge in [-0.25, -0.2) is 29.9 Å². The Bertz CT molecular complexity index is 6670. The number of rotatable bonds is 12. The first-order valence-electron chi connectivity index (χ1n) is 35.4. The van der Waals surface area contributed by atoms with Gasteiger partial charge in [0.1, 0.15) is 0 Å². The Morgan fingerprint density at radius 2 is 0.585 bits per heavy atom. The maximum atomic E-state index is 10.4. The summed E-state index contributed by atoms with van der Waals surface area (Å²) in [4.78, 5) is 30.9. The van der Waals surface area contributed by atoms with Crippen molar-refractivity contribution in [2.75, 3.05) is 0 Å². The van der Waals surface area contributed by atoms with Gasteiger partial charge < -0.3 is 0 Å². The van der Waals surface area contributed by atoms with Crippen LogP contribution in [0.2, 0.25) is 0 Å². The molecule has 3 aromatic heterocycles. The van der Waals surface area contributed by atoms with E-state index >= 15 is 0 Å². The molecule has 0 atom stereocenters. The van der Waals surface area contributed by atoms with Crippen molar-refractivity contribution in [1.29, 1.82) is 10.5 Å². The van der Waals surface area contributed by atoms with Crippen LogP contribution in [-0.4, -0.2) is 29.9 Å². The normalized spacial score (nSPS) is 12.1. The quantitative estimate of drug-likeness (QED) is 0.118. The molecule has 1 aliphatic carbocycles. The van der Waals surface area contributed by atoms with Gasteiger partial charge in [-0.05, 0) is 159 Å². The summed E-state index contributed by atoms with van der Waals surface area (Å²) in [6, 6.07) is 119. The standard InChI is InChI=1S/C97H60N8S/c1-97(2)87-53-59(57-98)31-45-83(87)84-46-44-70(56-88(84)97)76-49-47-74(79-23-9-11-25-81(76)79)62-34-40-67(41-35-62)94-101-91(64-17-5-3-6-18-64)100-93(103-94)66-38-32-61(33-39-66)69-21-15-22-71(54-69)96-104-92(65-19-7-4-8-20-65)102-95(105-96)68-42-36-63(37-43-68)75-48-50-77(82-26-12-10-24-80(75)82)72-51-60(58-99)52-73(55-72)78-28-16-29-86-85-27-13-14-30-89(85)106-90(78)86/h3-56H,1-2H3. The molecule has 494 valence electrons. The number of hydrogen-bond acceptors (Lipinski definition) is 9. The second-order valence-electron chi connectivity index (χ2n) is 27.5. The van der Waals surface area contributed by atoms with Crippen LogP contribution in [-0.2, 0) is 5.41 Å². The first-order chi connectivity index (χ1) is 52.1. The van der Waals surface area contributed by atoms with Crippen LogP contribution in [0.25, 0.3) is 188 Å². The van der Waals surface area contributed by atoms with Crippen LogP contribution in [0.4, 0.5) is 0 Å². The highest BCUT2D eigenvalue weighted by Gasteiger charge is 2.36. The highest BCUT2D eigenvalue weighted by molar-refractivity contribution is 7.26. The van der Waals surface area contributed by atoms with Crippen LogP contribution in [0.5, 0.6) is 0 Å². The van der Waals surface area contributed by atoms with Gasteiger partial charge in [-0.1, -0.05) is 293 Å². The molecule has 9 heteroatoms. The van der Waals surface area contributed by atoms with Crippen molar-refractivity contribution in [3.63, 3.8) is 0 Å². The number of thiophene rings is 1. The highest BCUT2D eigenvalue weighted by Crippen LogP contribution is 2.51. The Morgan fingerprint density at radius 3 is 1.10 bits per heavy atom. The first-order valence-corrected chi connectivity index (χ1v) is 36.2. The minimum Gasteiger partial charge on any atom is -0.208 e. The summed E-state index contributed by atoms with van der Waals surface area (Å²) < 4.78 is 2.46. The molecule has 0 fully saturated rings. The number of fused-ring (bicyclic) bond motifs is 8. The lowest BCUT2D eigenvalue weighted by atomic mass is 9.81. The molecule has 8 nitrogen and oxygen atoms in total. The molecule has 3 heterocycles. The molecule has 18 aromatic rings. The summed E-state index contributed by atoms with van der Waals surface area (Å²) in [5, 5.41) is 27.2. The Hall–Kier alpha value is -14.0.